The van der Waals surface area contributed by atoms with Crippen molar-refractivity contribution in [1.82, 2.24) is 0 Å². The van der Waals surface area contributed by atoms with Crippen LogP contribution in [-0.2, 0) is 4.74 Å². The van der Waals surface area contributed by atoms with Gasteiger partial charge in [-0.2, -0.15) is 0 Å². The number of rotatable bonds is 2. The van der Waals surface area contributed by atoms with Gasteiger partial charge >= 0.3 is 0 Å². The van der Waals surface area contributed by atoms with Crippen LogP contribution in [0.4, 0.5) is 0 Å². The lowest BCUT2D eigenvalue weighted by Crippen LogP contribution is -2.11. The zero-order valence-corrected chi connectivity index (χ0v) is 6.71. The number of allylic oxidation sites excluding steroid dienone is 3. The van der Waals surface area contributed by atoms with Crippen LogP contribution in [0.1, 0.15) is 13.3 Å². The molecule has 11 heavy (non-hydrogen) atoms. The Kier molecular flexibility index (Phi) is 2.58. The van der Waals surface area contributed by atoms with E-state index in [0.717, 1.165) is 17.7 Å². The molecule has 1 nitrogen and oxygen atoms in total. The fourth-order valence-electron chi connectivity index (χ4n) is 1.01. The van der Waals surface area contributed by atoms with E-state index >= 15 is 0 Å². The number of ether oxygens (including phenoxy) is 1. The molecular formula is C9H11BO. The summed E-state index contributed by atoms with van der Waals surface area (Å²) in [6, 6.07) is 0. The molecule has 0 aliphatic heterocycles. The molecule has 0 fully saturated rings. The van der Waals surface area contributed by atoms with Gasteiger partial charge in [0.2, 0.25) is 0 Å². The van der Waals surface area contributed by atoms with Crippen molar-refractivity contribution in [2.45, 2.75) is 19.4 Å². The van der Waals surface area contributed by atoms with Gasteiger partial charge in [0.05, 0.1) is 5.76 Å². The van der Waals surface area contributed by atoms with E-state index in [-0.39, 0.29) is 6.10 Å². The molecular weight excluding hydrogens is 135 g/mol. The van der Waals surface area contributed by atoms with Gasteiger partial charge in [-0.15, -0.1) is 5.47 Å². The van der Waals surface area contributed by atoms with Crippen molar-refractivity contribution < 1.29 is 4.74 Å². The van der Waals surface area contributed by atoms with Crippen LogP contribution in [0.5, 0.6) is 0 Å². The maximum Gasteiger partial charge on any atom is 0.119 e. The average molecular weight is 146 g/mol. The molecule has 0 saturated carbocycles. The molecule has 56 valence electrons. The molecule has 0 spiro atoms. The summed E-state index contributed by atoms with van der Waals surface area (Å²) in [6.45, 7) is 5.49. The highest BCUT2D eigenvalue weighted by molar-refractivity contribution is 6.21. The lowest BCUT2D eigenvalue weighted by Gasteiger charge is -2.18. The third-order valence-electron chi connectivity index (χ3n) is 1.43. The van der Waals surface area contributed by atoms with Gasteiger partial charge in [-0.25, -0.2) is 0 Å². The SMILES string of the molecule is [B]C1=CC=CC(OC(=C)C)C1. The molecule has 1 rings (SSSR count). The van der Waals surface area contributed by atoms with Crippen LogP contribution in [-0.4, -0.2) is 14.0 Å². The molecule has 1 unspecified atom stereocenters. The minimum Gasteiger partial charge on any atom is -0.491 e. The number of hydrogen-bond donors (Lipinski definition) is 0. The van der Waals surface area contributed by atoms with Gasteiger partial charge in [-0.1, -0.05) is 18.7 Å². The lowest BCUT2D eigenvalue weighted by atomic mass is 9.87. The Morgan fingerprint density at radius 2 is 2.55 bits per heavy atom. The maximum atomic E-state index is 5.60. The first kappa shape index (κ1) is 8.18. The van der Waals surface area contributed by atoms with Gasteiger partial charge < -0.3 is 4.74 Å². The second-order valence-electron chi connectivity index (χ2n) is 2.69. The van der Waals surface area contributed by atoms with Crippen molar-refractivity contribution in [2.75, 3.05) is 0 Å². The first-order valence-corrected chi connectivity index (χ1v) is 3.63. The van der Waals surface area contributed by atoms with E-state index in [1.165, 1.54) is 0 Å². The first-order chi connectivity index (χ1) is 5.18. The van der Waals surface area contributed by atoms with Gasteiger partial charge in [-0.3, -0.25) is 0 Å². The predicted octanol–water partition coefficient (Wildman–Crippen LogP) is 1.92. The molecule has 2 radical (unpaired) electrons. The van der Waals surface area contributed by atoms with E-state index in [0.29, 0.717) is 0 Å². The van der Waals surface area contributed by atoms with Crippen LogP contribution in [0.3, 0.4) is 0 Å². The smallest absolute Gasteiger partial charge is 0.119 e. The summed E-state index contributed by atoms with van der Waals surface area (Å²) >= 11 is 0. The molecule has 0 saturated heterocycles. The van der Waals surface area contributed by atoms with Gasteiger partial charge in [0.15, 0.2) is 0 Å². The molecule has 0 heterocycles. The Morgan fingerprint density at radius 1 is 1.82 bits per heavy atom. The maximum absolute atomic E-state index is 5.60. The summed E-state index contributed by atoms with van der Waals surface area (Å²) in [7, 11) is 5.60. The van der Waals surface area contributed by atoms with E-state index in [2.05, 4.69) is 6.58 Å². The van der Waals surface area contributed by atoms with Gasteiger partial charge in [0, 0.05) is 0 Å². The van der Waals surface area contributed by atoms with Crippen LogP contribution in [0.15, 0.2) is 36.0 Å². The third kappa shape index (κ3) is 2.66. The standard InChI is InChI=1S/C9H11BO/c1-7(2)11-9-5-3-4-8(10)6-9/h3-5,9H,1,6H2,2H3. The molecule has 1 aliphatic rings. The van der Waals surface area contributed by atoms with Crippen molar-refractivity contribution in [1.29, 1.82) is 0 Å². The summed E-state index contributed by atoms with van der Waals surface area (Å²) < 4.78 is 5.36. The summed E-state index contributed by atoms with van der Waals surface area (Å²) in [5, 5.41) is 0. The normalized spacial score (nSPS) is 22.6. The summed E-state index contributed by atoms with van der Waals surface area (Å²) in [5.74, 6) is 0.731. The van der Waals surface area contributed by atoms with Crippen LogP contribution in [0.25, 0.3) is 0 Å². The van der Waals surface area contributed by atoms with E-state index in [9.17, 15) is 0 Å². The summed E-state index contributed by atoms with van der Waals surface area (Å²) in [6.07, 6.45) is 6.62. The molecule has 0 aromatic rings. The first-order valence-electron chi connectivity index (χ1n) is 3.63. The molecule has 1 atom stereocenters. The van der Waals surface area contributed by atoms with Crippen LogP contribution >= 0.6 is 0 Å². The Hall–Kier alpha value is -0.915. The van der Waals surface area contributed by atoms with Crippen LogP contribution in [0.2, 0.25) is 0 Å². The van der Waals surface area contributed by atoms with Crippen molar-refractivity contribution in [3.8, 4) is 0 Å². The summed E-state index contributed by atoms with van der Waals surface area (Å²) in [5.41, 5.74) is 0.860. The Morgan fingerprint density at radius 3 is 3.09 bits per heavy atom. The summed E-state index contributed by atoms with van der Waals surface area (Å²) in [4.78, 5) is 0. The Bertz CT molecular complexity index is 214. The third-order valence-corrected chi connectivity index (χ3v) is 1.43. The molecule has 1 aliphatic carbocycles. The molecule has 0 N–H and O–H groups in total. The largest absolute Gasteiger partial charge is 0.491 e. The minimum atomic E-state index is 0.0810. The van der Waals surface area contributed by atoms with E-state index < -0.39 is 0 Å². The topological polar surface area (TPSA) is 9.23 Å². The highest BCUT2D eigenvalue weighted by Crippen LogP contribution is 2.14. The van der Waals surface area contributed by atoms with Crippen molar-refractivity contribution in [2.24, 2.45) is 0 Å². The fourth-order valence-corrected chi connectivity index (χ4v) is 1.01. The van der Waals surface area contributed by atoms with Gasteiger partial charge in [0.1, 0.15) is 14.0 Å². The van der Waals surface area contributed by atoms with Crippen LogP contribution in [0, 0.1) is 0 Å². The van der Waals surface area contributed by atoms with Crippen molar-refractivity contribution in [3.05, 3.63) is 36.0 Å². The zero-order valence-electron chi connectivity index (χ0n) is 6.71. The van der Waals surface area contributed by atoms with Crippen LogP contribution < -0.4 is 0 Å². The Labute approximate surface area is 68.8 Å². The molecule has 2 heteroatoms. The molecule has 0 aromatic carbocycles. The average Bonchev–Trinajstić information content (AvgIpc) is 1.85. The quantitative estimate of drug-likeness (QED) is 0.427. The van der Waals surface area contributed by atoms with Gasteiger partial charge in [0.25, 0.3) is 0 Å². The molecule has 0 bridgehead atoms. The van der Waals surface area contributed by atoms with Crippen molar-refractivity contribution in [3.63, 3.8) is 0 Å². The van der Waals surface area contributed by atoms with E-state index in [1.807, 2.05) is 25.2 Å². The zero-order chi connectivity index (χ0) is 8.27. The molecule has 0 aromatic heterocycles. The lowest BCUT2D eigenvalue weighted by molar-refractivity contribution is 0.158. The highest BCUT2D eigenvalue weighted by atomic mass is 16.5. The second-order valence-corrected chi connectivity index (χ2v) is 2.69. The van der Waals surface area contributed by atoms with Gasteiger partial charge in [-0.05, 0) is 19.4 Å². The highest BCUT2D eigenvalue weighted by Gasteiger charge is 2.08. The monoisotopic (exact) mass is 146 g/mol. The van der Waals surface area contributed by atoms with E-state index in [1.54, 1.807) is 0 Å². The predicted molar refractivity (Wildman–Crippen MR) is 47.3 cm³/mol. The minimum absolute atomic E-state index is 0.0810. The van der Waals surface area contributed by atoms with Crippen molar-refractivity contribution >= 4 is 7.85 Å². The fraction of sp³-hybridized carbons (Fsp3) is 0.333. The van der Waals surface area contributed by atoms with E-state index in [4.69, 9.17) is 12.6 Å². The molecule has 0 amide bonds. The Balaban J connectivity index is 2.46. The number of hydrogen-bond acceptors (Lipinski definition) is 1. The second kappa shape index (κ2) is 3.47.